The van der Waals surface area contributed by atoms with E-state index in [1.54, 1.807) is 11.3 Å². The molecule has 1 saturated heterocycles. The summed E-state index contributed by atoms with van der Waals surface area (Å²) in [5.41, 5.74) is 1.21. The van der Waals surface area contributed by atoms with E-state index >= 15 is 0 Å². The van der Waals surface area contributed by atoms with Crippen LogP contribution in [0.15, 0.2) is 11.4 Å². The van der Waals surface area contributed by atoms with E-state index in [9.17, 15) is 9.59 Å². The number of piperidine rings is 1. The second-order valence-electron chi connectivity index (χ2n) is 5.57. The van der Waals surface area contributed by atoms with E-state index in [1.807, 2.05) is 17.2 Å². The van der Waals surface area contributed by atoms with Crippen molar-refractivity contribution in [2.45, 2.75) is 39.2 Å². The molecule has 1 aliphatic rings. The van der Waals surface area contributed by atoms with Gasteiger partial charge in [0.05, 0.1) is 6.54 Å². The molecule has 1 aromatic rings. The van der Waals surface area contributed by atoms with Gasteiger partial charge in [0.25, 0.3) is 0 Å². The van der Waals surface area contributed by atoms with Gasteiger partial charge in [-0.05, 0) is 49.1 Å². The maximum Gasteiger partial charge on any atom is 0.317 e. The molecule has 1 aliphatic heterocycles. The Hall–Kier alpha value is -1.56. The summed E-state index contributed by atoms with van der Waals surface area (Å²) in [7, 11) is 0. The van der Waals surface area contributed by atoms with Crippen LogP contribution in [0.2, 0.25) is 0 Å². The van der Waals surface area contributed by atoms with Gasteiger partial charge in [0.1, 0.15) is 0 Å². The molecule has 116 valence electrons. The third-order valence-corrected chi connectivity index (χ3v) is 4.96. The highest BCUT2D eigenvalue weighted by atomic mass is 32.1. The van der Waals surface area contributed by atoms with Crippen LogP contribution in [-0.4, -0.2) is 35.1 Å². The van der Waals surface area contributed by atoms with Gasteiger partial charge in [-0.2, -0.15) is 0 Å². The summed E-state index contributed by atoms with van der Waals surface area (Å²) >= 11 is 1.65. The number of carboxylic acids is 1. The lowest BCUT2D eigenvalue weighted by Gasteiger charge is -2.32. The van der Waals surface area contributed by atoms with E-state index in [-0.39, 0.29) is 12.5 Å². The third kappa shape index (κ3) is 4.74. The van der Waals surface area contributed by atoms with Crippen molar-refractivity contribution in [2.75, 3.05) is 13.1 Å². The Kier molecular flexibility index (Phi) is 5.61. The molecule has 2 rings (SSSR count). The van der Waals surface area contributed by atoms with Crippen LogP contribution in [0.1, 0.15) is 36.1 Å². The summed E-state index contributed by atoms with van der Waals surface area (Å²) in [6.45, 7) is 4.04. The molecule has 6 heteroatoms. The SMILES string of the molecule is Cc1ccsc1CNC(=O)N1CCCC(CCC(=O)O)C1. The zero-order chi connectivity index (χ0) is 15.2. The van der Waals surface area contributed by atoms with Gasteiger partial charge < -0.3 is 15.3 Å². The quantitative estimate of drug-likeness (QED) is 0.878. The predicted molar refractivity (Wildman–Crippen MR) is 82.5 cm³/mol. The maximum atomic E-state index is 12.2. The minimum absolute atomic E-state index is 0.0391. The largest absolute Gasteiger partial charge is 0.481 e. The molecule has 1 unspecified atom stereocenters. The van der Waals surface area contributed by atoms with Crippen molar-refractivity contribution < 1.29 is 14.7 Å². The molecule has 1 atom stereocenters. The van der Waals surface area contributed by atoms with Crippen molar-refractivity contribution >= 4 is 23.3 Å². The number of hydrogen-bond donors (Lipinski definition) is 2. The monoisotopic (exact) mass is 310 g/mol. The van der Waals surface area contributed by atoms with Crippen LogP contribution in [-0.2, 0) is 11.3 Å². The van der Waals surface area contributed by atoms with Gasteiger partial charge >= 0.3 is 12.0 Å². The van der Waals surface area contributed by atoms with Crippen LogP contribution in [0.4, 0.5) is 4.79 Å². The predicted octanol–water partition coefficient (Wildman–Crippen LogP) is 2.84. The van der Waals surface area contributed by atoms with Crippen molar-refractivity contribution in [3.8, 4) is 0 Å². The number of hydrogen-bond acceptors (Lipinski definition) is 3. The van der Waals surface area contributed by atoms with Crippen LogP contribution in [0.25, 0.3) is 0 Å². The molecular weight excluding hydrogens is 288 g/mol. The molecule has 2 N–H and O–H groups in total. The van der Waals surface area contributed by atoms with Crippen molar-refractivity contribution in [2.24, 2.45) is 5.92 Å². The van der Waals surface area contributed by atoms with Gasteiger partial charge in [0, 0.05) is 24.4 Å². The fraction of sp³-hybridized carbons (Fsp3) is 0.600. The first kappa shape index (κ1) is 15.8. The molecule has 2 amide bonds. The van der Waals surface area contributed by atoms with Crippen LogP contribution in [0, 0.1) is 12.8 Å². The number of amides is 2. The number of nitrogens with one attached hydrogen (secondary N) is 1. The molecule has 2 heterocycles. The van der Waals surface area contributed by atoms with Crippen LogP contribution in [0.5, 0.6) is 0 Å². The van der Waals surface area contributed by atoms with Gasteiger partial charge in [0.15, 0.2) is 0 Å². The molecule has 21 heavy (non-hydrogen) atoms. The smallest absolute Gasteiger partial charge is 0.317 e. The number of urea groups is 1. The van der Waals surface area contributed by atoms with Crippen LogP contribution < -0.4 is 5.32 Å². The standard InChI is InChI=1S/C15H22N2O3S/c1-11-6-8-21-13(11)9-16-15(20)17-7-2-3-12(10-17)4-5-14(18)19/h6,8,12H,2-5,7,9-10H2,1H3,(H,16,20)(H,18,19). The van der Waals surface area contributed by atoms with E-state index in [0.717, 1.165) is 19.4 Å². The molecule has 0 bridgehead atoms. The van der Waals surface area contributed by atoms with E-state index in [4.69, 9.17) is 5.11 Å². The number of likely N-dealkylation sites (tertiary alicyclic amines) is 1. The minimum Gasteiger partial charge on any atom is -0.481 e. The minimum atomic E-state index is -0.759. The number of aryl methyl sites for hydroxylation is 1. The van der Waals surface area contributed by atoms with Gasteiger partial charge in [0.2, 0.25) is 0 Å². The number of aliphatic carboxylic acids is 1. The Balaban J connectivity index is 1.79. The Morgan fingerprint density at radius 1 is 1.52 bits per heavy atom. The van der Waals surface area contributed by atoms with E-state index in [1.165, 1.54) is 10.4 Å². The summed E-state index contributed by atoms with van der Waals surface area (Å²) in [5, 5.41) is 13.7. The molecule has 1 aromatic heterocycles. The summed E-state index contributed by atoms with van der Waals surface area (Å²) in [6, 6.07) is 2.01. The highest BCUT2D eigenvalue weighted by Crippen LogP contribution is 2.21. The lowest BCUT2D eigenvalue weighted by molar-refractivity contribution is -0.137. The van der Waals surface area contributed by atoms with Crippen molar-refractivity contribution in [3.63, 3.8) is 0 Å². The first-order valence-corrected chi connectivity index (χ1v) is 8.21. The van der Waals surface area contributed by atoms with Crippen LogP contribution in [0.3, 0.4) is 0 Å². The Morgan fingerprint density at radius 3 is 3.00 bits per heavy atom. The second-order valence-corrected chi connectivity index (χ2v) is 6.57. The zero-order valence-electron chi connectivity index (χ0n) is 12.3. The Bertz CT molecular complexity index is 501. The first-order chi connectivity index (χ1) is 10.1. The first-order valence-electron chi connectivity index (χ1n) is 7.34. The fourth-order valence-corrected chi connectivity index (χ4v) is 3.51. The van der Waals surface area contributed by atoms with Gasteiger partial charge in [-0.25, -0.2) is 4.79 Å². The normalized spacial score (nSPS) is 18.5. The number of carbonyl (C=O) groups is 2. The number of thiophene rings is 1. The summed E-state index contributed by atoms with van der Waals surface area (Å²) in [5.74, 6) is -0.450. The number of carboxylic acid groups (broad SMARTS) is 1. The summed E-state index contributed by atoms with van der Waals surface area (Å²) < 4.78 is 0. The van der Waals surface area contributed by atoms with Crippen molar-refractivity contribution in [1.82, 2.24) is 10.2 Å². The van der Waals surface area contributed by atoms with E-state index in [0.29, 0.717) is 25.4 Å². The number of carbonyl (C=O) groups excluding carboxylic acids is 1. The summed E-state index contributed by atoms with van der Waals surface area (Å²) in [6.07, 6.45) is 2.81. The molecule has 5 nitrogen and oxygen atoms in total. The second kappa shape index (κ2) is 7.45. The highest BCUT2D eigenvalue weighted by molar-refractivity contribution is 7.10. The molecular formula is C15H22N2O3S. The molecule has 0 aromatic carbocycles. The van der Waals surface area contributed by atoms with E-state index < -0.39 is 5.97 Å². The lowest BCUT2D eigenvalue weighted by atomic mass is 9.93. The average molecular weight is 310 g/mol. The third-order valence-electron chi connectivity index (χ3n) is 3.94. The van der Waals surface area contributed by atoms with Gasteiger partial charge in [-0.3, -0.25) is 4.79 Å². The van der Waals surface area contributed by atoms with Gasteiger partial charge in [-0.15, -0.1) is 11.3 Å². The van der Waals surface area contributed by atoms with Crippen molar-refractivity contribution in [3.05, 3.63) is 21.9 Å². The van der Waals surface area contributed by atoms with Crippen molar-refractivity contribution in [1.29, 1.82) is 0 Å². The maximum absolute atomic E-state index is 12.2. The molecule has 0 aliphatic carbocycles. The molecule has 0 spiro atoms. The molecule has 0 saturated carbocycles. The number of rotatable bonds is 5. The van der Waals surface area contributed by atoms with Gasteiger partial charge in [-0.1, -0.05) is 0 Å². The Morgan fingerprint density at radius 2 is 2.33 bits per heavy atom. The van der Waals surface area contributed by atoms with Crippen LogP contribution >= 0.6 is 11.3 Å². The lowest BCUT2D eigenvalue weighted by Crippen LogP contribution is -2.45. The topological polar surface area (TPSA) is 69.6 Å². The average Bonchev–Trinajstić information content (AvgIpc) is 2.88. The highest BCUT2D eigenvalue weighted by Gasteiger charge is 2.23. The van der Waals surface area contributed by atoms with E-state index in [2.05, 4.69) is 11.4 Å². The molecule has 0 radical (unpaired) electrons. The molecule has 1 fully saturated rings. The Labute approximate surface area is 129 Å². The fourth-order valence-electron chi connectivity index (χ4n) is 2.67. The summed E-state index contributed by atoms with van der Waals surface area (Å²) in [4.78, 5) is 25.8. The zero-order valence-corrected chi connectivity index (χ0v) is 13.1. The number of nitrogens with zero attached hydrogens (tertiary/aromatic N) is 1.